The molecule has 1 rings (SSSR count). The van der Waals surface area contributed by atoms with Crippen molar-refractivity contribution in [3.8, 4) is 0 Å². The number of hydrogen-bond acceptors (Lipinski definition) is 2. The van der Waals surface area contributed by atoms with Gasteiger partial charge in [0.1, 0.15) is 0 Å². The molecule has 1 aliphatic rings. The first-order valence-electron chi connectivity index (χ1n) is 4.81. The van der Waals surface area contributed by atoms with Crippen LogP contribution < -0.4 is 5.73 Å². The van der Waals surface area contributed by atoms with Crippen molar-refractivity contribution in [2.75, 3.05) is 26.3 Å². The summed E-state index contributed by atoms with van der Waals surface area (Å²) in [6, 6.07) is 0. The molecule has 0 aromatic heterocycles. The van der Waals surface area contributed by atoms with Gasteiger partial charge in [0.2, 0.25) is 0 Å². The van der Waals surface area contributed by atoms with Crippen LogP contribution in [-0.2, 0) is 4.74 Å². The van der Waals surface area contributed by atoms with Crippen molar-refractivity contribution < 1.29 is 4.74 Å². The van der Waals surface area contributed by atoms with Crippen LogP contribution >= 0.6 is 0 Å². The van der Waals surface area contributed by atoms with E-state index in [4.69, 9.17) is 15.9 Å². The quantitative estimate of drug-likeness (QED) is 0.496. The number of guanidine groups is 1. The van der Waals surface area contributed by atoms with Gasteiger partial charge in [0.25, 0.3) is 0 Å². The summed E-state index contributed by atoms with van der Waals surface area (Å²) in [5.41, 5.74) is 5.42. The molecule has 0 amide bonds. The van der Waals surface area contributed by atoms with Crippen molar-refractivity contribution in [2.24, 2.45) is 17.6 Å². The van der Waals surface area contributed by atoms with E-state index in [-0.39, 0.29) is 5.96 Å². The minimum atomic E-state index is 0.186. The molecule has 0 saturated carbocycles. The van der Waals surface area contributed by atoms with Gasteiger partial charge in [-0.1, -0.05) is 6.92 Å². The molecule has 4 nitrogen and oxygen atoms in total. The van der Waals surface area contributed by atoms with Crippen LogP contribution in [0, 0.1) is 17.2 Å². The van der Waals surface area contributed by atoms with Crippen LogP contribution in [0.15, 0.2) is 0 Å². The van der Waals surface area contributed by atoms with Crippen molar-refractivity contribution in [3.63, 3.8) is 0 Å². The van der Waals surface area contributed by atoms with Gasteiger partial charge in [-0.15, -0.1) is 0 Å². The van der Waals surface area contributed by atoms with Crippen molar-refractivity contribution in [1.82, 2.24) is 4.90 Å². The predicted molar refractivity (Wildman–Crippen MR) is 52.6 cm³/mol. The Balaban J connectivity index is 2.37. The fourth-order valence-electron chi connectivity index (χ4n) is 1.72. The van der Waals surface area contributed by atoms with Gasteiger partial charge in [-0.2, -0.15) is 0 Å². The Bertz CT molecular complexity index is 184. The monoisotopic (exact) mass is 185 g/mol. The second-order valence-corrected chi connectivity index (χ2v) is 3.69. The molecule has 0 bridgehead atoms. The third-order valence-electron chi connectivity index (χ3n) is 2.64. The summed E-state index contributed by atoms with van der Waals surface area (Å²) < 4.78 is 5.38. The summed E-state index contributed by atoms with van der Waals surface area (Å²) in [7, 11) is 0. The molecular formula is C9H19N3O. The number of nitrogens with zero attached hydrogens (tertiary/aromatic N) is 1. The molecule has 0 aromatic carbocycles. The molecule has 13 heavy (non-hydrogen) atoms. The fourth-order valence-corrected chi connectivity index (χ4v) is 1.72. The van der Waals surface area contributed by atoms with Crippen LogP contribution in [0.3, 0.4) is 0 Å². The molecule has 0 radical (unpaired) electrons. The zero-order valence-electron chi connectivity index (χ0n) is 8.42. The van der Waals surface area contributed by atoms with E-state index in [9.17, 15) is 0 Å². The highest BCUT2D eigenvalue weighted by atomic mass is 16.5. The van der Waals surface area contributed by atoms with Gasteiger partial charge in [0, 0.05) is 25.6 Å². The molecule has 1 aliphatic heterocycles. The van der Waals surface area contributed by atoms with E-state index in [1.54, 1.807) is 0 Å². The summed E-state index contributed by atoms with van der Waals surface area (Å²) in [4.78, 5) is 1.91. The van der Waals surface area contributed by atoms with Gasteiger partial charge in [0.05, 0.1) is 6.61 Å². The third kappa shape index (κ3) is 2.59. The Labute approximate surface area is 79.6 Å². The molecular weight excluding hydrogens is 166 g/mol. The smallest absolute Gasteiger partial charge is 0.188 e. The molecule has 3 N–H and O–H groups in total. The zero-order valence-corrected chi connectivity index (χ0v) is 8.42. The van der Waals surface area contributed by atoms with E-state index in [2.05, 4.69) is 6.92 Å². The van der Waals surface area contributed by atoms with E-state index in [1.807, 2.05) is 11.8 Å². The first-order valence-corrected chi connectivity index (χ1v) is 4.81. The second kappa shape index (κ2) is 4.46. The van der Waals surface area contributed by atoms with E-state index in [1.165, 1.54) is 0 Å². The lowest BCUT2D eigenvalue weighted by atomic mass is 9.99. The standard InChI is InChI=1S/C9H19N3O/c1-3-13-6-8-5-12(9(10)11)4-7(8)2/h7-8H,3-6H2,1-2H3,(H3,10,11)/t7-,8+/m1/s1. The largest absolute Gasteiger partial charge is 0.381 e. The predicted octanol–water partition coefficient (Wildman–Crippen LogP) is 0.484. The molecule has 1 saturated heterocycles. The average molecular weight is 185 g/mol. The number of ether oxygens (including phenoxy) is 1. The van der Waals surface area contributed by atoms with Crippen LogP contribution in [-0.4, -0.2) is 37.2 Å². The van der Waals surface area contributed by atoms with E-state index < -0.39 is 0 Å². The lowest BCUT2D eigenvalue weighted by Gasteiger charge is -2.15. The Morgan fingerprint density at radius 1 is 1.62 bits per heavy atom. The van der Waals surface area contributed by atoms with Crippen LogP contribution in [0.4, 0.5) is 0 Å². The summed E-state index contributed by atoms with van der Waals surface area (Å²) in [6.07, 6.45) is 0. The highest BCUT2D eigenvalue weighted by Crippen LogP contribution is 2.22. The highest BCUT2D eigenvalue weighted by molar-refractivity contribution is 5.74. The molecule has 4 heteroatoms. The molecule has 2 atom stereocenters. The number of likely N-dealkylation sites (tertiary alicyclic amines) is 1. The molecule has 0 aliphatic carbocycles. The summed E-state index contributed by atoms with van der Waals surface area (Å²) >= 11 is 0. The Morgan fingerprint density at radius 2 is 2.31 bits per heavy atom. The van der Waals surface area contributed by atoms with Crippen LogP contribution in [0.2, 0.25) is 0 Å². The minimum absolute atomic E-state index is 0.186. The number of rotatable bonds is 3. The van der Waals surface area contributed by atoms with Crippen LogP contribution in [0.1, 0.15) is 13.8 Å². The lowest BCUT2D eigenvalue weighted by molar-refractivity contribution is 0.103. The van der Waals surface area contributed by atoms with Crippen molar-refractivity contribution in [2.45, 2.75) is 13.8 Å². The summed E-state index contributed by atoms with van der Waals surface area (Å²) in [5, 5.41) is 7.31. The number of nitrogens with one attached hydrogen (secondary N) is 1. The number of hydrogen-bond donors (Lipinski definition) is 2. The van der Waals surface area contributed by atoms with Crippen molar-refractivity contribution in [3.05, 3.63) is 0 Å². The average Bonchev–Trinajstić information content (AvgIpc) is 2.44. The van der Waals surface area contributed by atoms with E-state index in [0.717, 1.165) is 26.3 Å². The van der Waals surface area contributed by atoms with Gasteiger partial charge >= 0.3 is 0 Å². The van der Waals surface area contributed by atoms with Crippen molar-refractivity contribution >= 4 is 5.96 Å². The zero-order chi connectivity index (χ0) is 9.84. The van der Waals surface area contributed by atoms with Crippen LogP contribution in [0.5, 0.6) is 0 Å². The third-order valence-corrected chi connectivity index (χ3v) is 2.64. The molecule has 0 unspecified atom stereocenters. The Morgan fingerprint density at radius 3 is 2.77 bits per heavy atom. The minimum Gasteiger partial charge on any atom is -0.381 e. The Kier molecular flexibility index (Phi) is 3.54. The van der Waals surface area contributed by atoms with Gasteiger partial charge in [0.15, 0.2) is 5.96 Å². The Hall–Kier alpha value is -0.770. The summed E-state index contributed by atoms with van der Waals surface area (Å²) in [6.45, 7) is 7.52. The fraction of sp³-hybridized carbons (Fsp3) is 0.889. The first kappa shape index (κ1) is 10.3. The maximum absolute atomic E-state index is 7.31. The molecule has 1 heterocycles. The maximum atomic E-state index is 7.31. The van der Waals surface area contributed by atoms with Gasteiger partial charge in [-0.25, -0.2) is 0 Å². The SMILES string of the molecule is CCOC[C@@H]1CN(C(=N)N)C[C@H]1C. The summed E-state index contributed by atoms with van der Waals surface area (Å²) in [5.74, 6) is 1.30. The highest BCUT2D eigenvalue weighted by Gasteiger charge is 2.30. The van der Waals surface area contributed by atoms with Gasteiger partial charge < -0.3 is 15.4 Å². The molecule has 76 valence electrons. The normalized spacial score (nSPS) is 28.0. The molecule has 0 aromatic rings. The van der Waals surface area contributed by atoms with E-state index in [0.29, 0.717) is 11.8 Å². The van der Waals surface area contributed by atoms with Gasteiger partial charge in [-0.05, 0) is 12.8 Å². The molecule has 0 spiro atoms. The van der Waals surface area contributed by atoms with Gasteiger partial charge in [-0.3, -0.25) is 5.41 Å². The number of nitrogens with two attached hydrogens (primary N) is 1. The van der Waals surface area contributed by atoms with Crippen molar-refractivity contribution in [1.29, 1.82) is 5.41 Å². The second-order valence-electron chi connectivity index (χ2n) is 3.69. The first-order chi connectivity index (χ1) is 6.15. The topological polar surface area (TPSA) is 62.3 Å². The lowest BCUT2D eigenvalue weighted by Crippen LogP contribution is -2.34. The maximum Gasteiger partial charge on any atom is 0.188 e. The molecule has 1 fully saturated rings. The van der Waals surface area contributed by atoms with Crippen LogP contribution in [0.25, 0.3) is 0 Å². The van der Waals surface area contributed by atoms with E-state index >= 15 is 0 Å².